The number of hydrogen-bond donors (Lipinski definition) is 1. The molecule has 0 spiro atoms. The number of thiophene rings is 1. The summed E-state index contributed by atoms with van der Waals surface area (Å²) >= 11 is 16.9. The highest BCUT2D eigenvalue weighted by Crippen LogP contribution is 2.37. The van der Waals surface area contributed by atoms with Gasteiger partial charge in [-0.15, -0.1) is 11.3 Å². The Labute approximate surface area is 116 Å². The molecule has 16 heavy (non-hydrogen) atoms. The minimum absolute atomic E-state index is 0.234. The number of halogens is 3. The van der Waals surface area contributed by atoms with Gasteiger partial charge in [0, 0.05) is 14.4 Å². The first kappa shape index (κ1) is 12.4. The summed E-state index contributed by atoms with van der Waals surface area (Å²) in [5, 5.41) is 0.677. The third kappa shape index (κ3) is 2.44. The fraction of sp³-hybridized carbons (Fsp3) is 0.0909. The van der Waals surface area contributed by atoms with Crippen LogP contribution in [0.25, 0.3) is 0 Å². The molecule has 84 valence electrons. The number of hydrogen-bond acceptors (Lipinski definition) is 2. The second-order valence-electron chi connectivity index (χ2n) is 3.27. The monoisotopic (exact) mass is 335 g/mol. The predicted octanol–water partition coefficient (Wildman–Crippen LogP) is 4.87. The molecule has 0 aliphatic carbocycles. The zero-order chi connectivity index (χ0) is 11.7. The van der Waals surface area contributed by atoms with E-state index in [9.17, 15) is 0 Å². The normalized spacial score (nSPS) is 12.8. The SMILES string of the molecule is NC(c1cc(Br)c(Cl)s1)c1ccccc1Cl. The molecular formula is C11H8BrCl2NS. The maximum absolute atomic E-state index is 6.15. The summed E-state index contributed by atoms with van der Waals surface area (Å²) in [6, 6.07) is 9.26. The van der Waals surface area contributed by atoms with Crippen molar-refractivity contribution in [1.29, 1.82) is 0 Å². The molecule has 0 saturated carbocycles. The standard InChI is InChI=1S/C11H8BrCl2NS/c12-7-5-9(16-11(7)14)10(15)6-3-1-2-4-8(6)13/h1-5,10H,15H2. The van der Waals surface area contributed by atoms with E-state index in [-0.39, 0.29) is 6.04 Å². The molecule has 2 aromatic rings. The van der Waals surface area contributed by atoms with Gasteiger partial charge in [0.15, 0.2) is 0 Å². The van der Waals surface area contributed by atoms with Crippen LogP contribution in [0.3, 0.4) is 0 Å². The summed E-state index contributed by atoms with van der Waals surface area (Å²) in [4.78, 5) is 0.991. The van der Waals surface area contributed by atoms with Gasteiger partial charge in [0.2, 0.25) is 0 Å². The summed E-state index contributed by atoms with van der Waals surface area (Å²) in [6.45, 7) is 0. The summed E-state index contributed by atoms with van der Waals surface area (Å²) in [7, 11) is 0. The molecule has 1 atom stereocenters. The molecule has 0 bridgehead atoms. The zero-order valence-corrected chi connectivity index (χ0v) is 12.0. The maximum atomic E-state index is 6.15. The van der Waals surface area contributed by atoms with Crippen molar-refractivity contribution in [1.82, 2.24) is 0 Å². The van der Waals surface area contributed by atoms with Gasteiger partial charge in [0.05, 0.1) is 6.04 Å². The minimum atomic E-state index is -0.234. The molecule has 1 heterocycles. The van der Waals surface area contributed by atoms with E-state index >= 15 is 0 Å². The Hall–Kier alpha value is -0.0600. The van der Waals surface area contributed by atoms with Crippen LogP contribution in [0.4, 0.5) is 0 Å². The molecule has 5 heteroatoms. The van der Waals surface area contributed by atoms with Crippen molar-refractivity contribution < 1.29 is 0 Å². The second-order valence-corrected chi connectivity index (χ2v) is 6.22. The van der Waals surface area contributed by atoms with E-state index in [4.69, 9.17) is 28.9 Å². The summed E-state index contributed by atoms with van der Waals surface area (Å²) in [5.74, 6) is 0. The van der Waals surface area contributed by atoms with Gasteiger partial charge < -0.3 is 5.73 Å². The summed E-state index contributed by atoms with van der Waals surface area (Å²) in [5.41, 5.74) is 7.06. The molecule has 0 aliphatic heterocycles. The molecule has 1 nitrogen and oxygen atoms in total. The van der Waals surface area contributed by atoms with Crippen LogP contribution in [-0.2, 0) is 0 Å². The molecule has 1 unspecified atom stereocenters. The Balaban J connectivity index is 2.39. The van der Waals surface area contributed by atoms with E-state index in [0.29, 0.717) is 9.36 Å². The second kappa shape index (κ2) is 5.07. The van der Waals surface area contributed by atoms with Gasteiger partial charge in [-0.25, -0.2) is 0 Å². The van der Waals surface area contributed by atoms with E-state index in [1.54, 1.807) is 0 Å². The van der Waals surface area contributed by atoms with Crippen LogP contribution < -0.4 is 5.73 Å². The fourth-order valence-corrected chi connectivity index (χ4v) is 3.41. The minimum Gasteiger partial charge on any atom is -0.320 e. The molecule has 0 radical (unpaired) electrons. The maximum Gasteiger partial charge on any atom is 0.107 e. The van der Waals surface area contributed by atoms with Gasteiger partial charge in [-0.2, -0.15) is 0 Å². The first-order valence-corrected chi connectivity index (χ1v) is 6.91. The van der Waals surface area contributed by atoms with Crippen molar-refractivity contribution in [3.05, 3.63) is 54.6 Å². The smallest absolute Gasteiger partial charge is 0.107 e. The Morgan fingerprint density at radius 1 is 1.25 bits per heavy atom. The Morgan fingerprint density at radius 2 is 1.94 bits per heavy atom. The summed E-state index contributed by atoms with van der Waals surface area (Å²) in [6.07, 6.45) is 0. The van der Waals surface area contributed by atoms with E-state index in [2.05, 4.69) is 15.9 Å². The first-order chi connectivity index (χ1) is 7.59. The van der Waals surface area contributed by atoms with Crippen LogP contribution >= 0.6 is 50.5 Å². The highest BCUT2D eigenvalue weighted by Gasteiger charge is 2.15. The Kier molecular flexibility index (Phi) is 3.93. The quantitative estimate of drug-likeness (QED) is 0.832. The van der Waals surface area contributed by atoms with Crippen LogP contribution in [0, 0.1) is 0 Å². The van der Waals surface area contributed by atoms with Crippen LogP contribution in [0.2, 0.25) is 9.36 Å². The van der Waals surface area contributed by atoms with Crippen LogP contribution in [0.1, 0.15) is 16.5 Å². The first-order valence-electron chi connectivity index (χ1n) is 4.54. The lowest BCUT2D eigenvalue weighted by molar-refractivity contribution is 0.893. The molecule has 0 saturated heterocycles. The largest absolute Gasteiger partial charge is 0.320 e. The van der Waals surface area contributed by atoms with Crippen molar-refractivity contribution in [3.63, 3.8) is 0 Å². The molecule has 0 amide bonds. The molecule has 2 N–H and O–H groups in total. The van der Waals surface area contributed by atoms with Crippen LogP contribution in [0.5, 0.6) is 0 Å². The Morgan fingerprint density at radius 3 is 2.50 bits per heavy atom. The predicted molar refractivity (Wildman–Crippen MR) is 74.5 cm³/mol. The van der Waals surface area contributed by atoms with E-state index < -0.39 is 0 Å². The molecule has 0 aliphatic rings. The molecule has 1 aromatic carbocycles. The van der Waals surface area contributed by atoms with Gasteiger partial charge in [0.1, 0.15) is 4.34 Å². The van der Waals surface area contributed by atoms with E-state index in [1.165, 1.54) is 11.3 Å². The van der Waals surface area contributed by atoms with Crippen molar-refractivity contribution in [2.24, 2.45) is 5.73 Å². The van der Waals surface area contributed by atoms with Gasteiger partial charge in [-0.05, 0) is 33.6 Å². The van der Waals surface area contributed by atoms with Gasteiger partial charge in [-0.1, -0.05) is 41.4 Å². The van der Waals surface area contributed by atoms with E-state index in [0.717, 1.165) is 14.9 Å². The van der Waals surface area contributed by atoms with Crippen molar-refractivity contribution in [3.8, 4) is 0 Å². The number of benzene rings is 1. The average Bonchev–Trinajstić information content (AvgIpc) is 2.59. The average molecular weight is 337 g/mol. The van der Waals surface area contributed by atoms with Crippen molar-refractivity contribution in [2.45, 2.75) is 6.04 Å². The highest BCUT2D eigenvalue weighted by molar-refractivity contribution is 9.10. The van der Waals surface area contributed by atoms with Crippen molar-refractivity contribution in [2.75, 3.05) is 0 Å². The number of rotatable bonds is 2. The topological polar surface area (TPSA) is 26.0 Å². The summed E-state index contributed by atoms with van der Waals surface area (Å²) < 4.78 is 1.58. The molecule has 0 fully saturated rings. The van der Waals surface area contributed by atoms with E-state index in [1.807, 2.05) is 30.3 Å². The molecule has 2 rings (SSSR count). The van der Waals surface area contributed by atoms with Crippen LogP contribution in [-0.4, -0.2) is 0 Å². The number of nitrogens with two attached hydrogens (primary N) is 1. The van der Waals surface area contributed by atoms with Gasteiger partial charge in [-0.3, -0.25) is 0 Å². The molecule has 1 aromatic heterocycles. The lowest BCUT2D eigenvalue weighted by Crippen LogP contribution is -2.10. The third-order valence-corrected chi connectivity index (χ3v) is 5.11. The third-order valence-electron chi connectivity index (χ3n) is 2.21. The van der Waals surface area contributed by atoms with Crippen LogP contribution in [0.15, 0.2) is 34.8 Å². The lowest BCUT2D eigenvalue weighted by Gasteiger charge is -2.11. The van der Waals surface area contributed by atoms with Gasteiger partial charge in [0.25, 0.3) is 0 Å². The van der Waals surface area contributed by atoms with Crippen molar-refractivity contribution >= 4 is 50.5 Å². The zero-order valence-electron chi connectivity index (χ0n) is 8.08. The Bertz CT molecular complexity index is 493. The molecular weight excluding hydrogens is 329 g/mol. The fourth-order valence-electron chi connectivity index (χ4n) is 1.40. The lowest BCUT2D eigenvalue weighted by atomic mass is 10.1. The van der Waals surface area contributed by atoms with Gasteiger partial charge >= 0.3 is 0 Å². The highest BCUT2D eigenvalue weighted by atomic mass is 79.9.